The summed E-state index contributed by atoms with van der Waals surface area (Å²) in [5, 5.41) is 3.50. The van der Waals surface area contributed by atoms with Crippen molar-refractivity contribution in [3.63, 3.8) is 0 Å². The highest BCUT2D eigenvalue weighted by atomic mass is 35.5. The number of rotatable bonds is 7. The average molecular weight is 311 g/mol. The zero-order chi connectivity index (χ0) is 15.8. The van der Waals surface area contributed by atoms with E-state index < -0.39 is 0 Å². The van der Waals surface area contributed by atoms with E-state index in [1.54, 1.807) is 24.0 Å². The maximum absolute atomic E-state index is 11.8. The maximum atomic E-state index is 11.8. The van der Waals surface area contributed by atoms with E-state index in [0.29, 0.717) is 37.0 Å². The molecule has 0 radical (unpaired) electrons. The molecule has 1 aromatic rings. The molecular formula is C16H23ClN2O2. The minimum absolute atomic E-state index is 0.0376. The molecular weight excluding hydrogens is 288 g/mol. The lowest BCUT2D eigenvalue weighted by Crippen LogP contribution is -2.39. The lowest BCUT2D eigenvalue weighted by Gasteiger charge is -2.23. The number of carbonyl (C=O) groups excluding carboxylic acids is 2. The van der Waals surface area contributed by atoms with Gasteiger partial charge in [0.05, 0.1) is 6.42 Å². The Morgan fingerprint density at radius 3 is 2.38 bits per heavy atom. The van der Waals surface area contributed by atoms with Crippen molar-refractivity contribution in [3.05, 3.63) is 34.9 Å². The van der Waals surface area contributed by atoms with Gasteiger partial charge in [0.25, 0.3) is 0 Å². The third-order valence-electron chi connectivity index (χ3n) is 3.01. The summed E-state index contributed by atoms with van der Waals surface area (Å²) in [6.45, 7) is 7.41. The van der Waals surface area contributed by atoms with Crippen LogP contribution in [0.2, 0.25) is 5.02 Å². The van der Waals surface area contributed by atoms with Crippen LogP contribution >= 0.6 is 11.6 Å². The molecule has 1 rings (SSSR count). The summed E-state index contributed by atoms with van der Waals surface area (Å²) in [4.78, 5) is 25.1. The molecule has 0 atom stereocenters. The van der Waals surface area contributed by atoms with E-state index in [1.165, 1.54) is 0 Å². The fraction of sp³-hybridized carbons (Fsp3) is 0.500. The van der Waals surface area contributed by atoms with Crippen LogP contribution in [0.4, 0.5) is 0 Å². The van der Waals surface area contributed by atoms with Crippen LogP contribution in [0.1, 0.15) is 26.3 Å². The van der Waals surface area contributed by atoms with Crippen LogP contribution in [0.15, 0.2) is 24.3 Å². The van der Waals surface area contributed by atoms with E-state index in [2.05, 4.69) is 19.2 Å². The highest BCUT2D eigenvalue weighted by Gasteiger charge is 2.11. The number of halogens is 1. The number of hydrogen-bond acceptors (Lipinski definition) is 2. The van der Waals surface area contributed by atoms with Gasteiger partial charge in [0, 0.05) is 31.6 Å². The summed E-state index contributed by atoms with van der Waals surface area (Å²) in [5.41, 5.74) is 0.919. The number of benzene rings is 1. The van der Waals surface area contributed by atoms with Crippen molar-refractivity contribution in [3.8, 4) is 0 Å². The fourth-order valence-electron chi connectivity index (χ4n) is 2.00. The molecule has 116 valence electrons. The van der Waals surface area contributed by atoms with E-state index >= 15 is 0 Å². The number of nitrogens with one attached hydrogen (secondary N) is 1. The van der Waals surface area contributed by atoms with Gasteiger partial charge in [0.1, 0.15) is 0 Å². The molecule has 0 spiro atoms. The first kappa shape index (κ1) is 17.5. The van der Waals surface area contributed by atoms with Crippen molar-refractivity contribution in [1.29, 1.82) is 0 Å². The Morgan fingerprint density at radius 1 is 1.24 bits per heavy atom. The summed E-state index contributed by atoms with van der Waals surface area (Å²) in [7, 11) is 0. The number of nitrogens with zero attached hydrogens (tertiary/aromatic N) is 1. The molecule has 0 fully saturated rings. The van der Waals surface area contributed by atoms with Gasteiger partial charge in [-0.1, -0.05) is 37.6 Å². The first-order valence-electron chi connectivity index (χ1n) is 7.15. The van der Waals surface area contributed by atoms with E-state index in [9.17, 15) is 9.59 Å². The molecule has 1 aromatic carbocycles. The third kappa shape index (κ3) is 7.14. The quantitative estimate of drug-likeness (QED) is 0.841. The third-order valence-corrected chi connectivity index (χ3v) is 3.26. The van der Waals surface area contributed by atoms with Crippen molar-refractivity contribution in [2.24, 2.45) is 5.92 Å². The largest absolute Gasteiger partial charge is 0.354 e. The smallest absolute Gasteiger partial charge is 0.224 e. The molecule has 0 unspecified atom stereocenters. The summed E-state index contributed by atoms with van der Waals surface area (Å²) in [6.07, 6.45) is 0.321. The highest BCUT2D eigenvalue weighted by Crippen LogP contribution is 2.09. The second kappa shape index (κ2) is 8.67. The van der Waals surface area contributed by atoms with Crippen molar-refractivity contribution >= 4 is 23.4 Å². The van der Waals surface area contributed by atoms with Crippen LogP contribution in [0.5, 0.6) is 0 Å². The molecule has 0 aliphatic rings. The average Bonchev–Trinajstić information content (AvgIpc) is 2.39. The van der Waals surface area contributed by atoms with Gasteiger partial charge >= 0.3 is 0 Å². The first-order chi connectivity index (χ1) is 9.88. The summed E-state index contributed by atoms with van der Waals surface area (Å²) in [5.74, 6) is 0.402. The van der Waals surface area contributed by atoms with Crippen LogP contribution in [-0.2, 0) is 16.0 Å². The minimum atomic E-state index is -0.0506. The second-order valence-corrected chi connectivity index (χ2v) is 5.95. The van der Waals surface area contributed by atoms with Gasteiger partial charge in [-0.25, -0.2) is 0 Å². The molecule has 2 amide bonds. The maximum Gasteiger partial charge on any atom is 0.224 e. The topological polar surface area (TPSA) is 49.4 Å². The standard InChI is InChI=1S/C16H23ClN2O2/c1-12(2)11-19(13(3)20)9-8-18-16(21)10-14-4-6-15(17)7-5-14/h4-7,12H,8-11H2,1-3H3,(H,18,21). The molecule has 0 saturated heterocycles. The van der Waals surface area contributed by atoms with Crippen molar-refractivity contribution in [1.82, 2.24) is 10.2 Å². The predicted molar refractivity (Wildman–Crippen MR) is 85.3 cm³/mol. The lowest BCUT2D eigenvalue weighted by atomic mass is 10.1. The van der Waals surface area contributed by atoms with Crippen molar-refractivity contribution in [2.75, 3.05) is 19.6 Å². The fourth-order valence-corrected chi connectivity index (χ4v) is 2.12. The lowest BCUT2D eigenvalue weighted by molar-refractivity contribution is -0.130. The molecule has 5 heteroatoms. The normalized spacial score (nSPS) is 10.5. The molecule has 4 nitrogen and oxygen atoms in total. The number of amides is 2. The van der Waals surface area contributed by atoms with E-state index in [4.69, 9.17) is 11.6 Å². The summed E-state index contributed by atoms with van der Waals surface area (Å²) >= 11 is 5.80. The second-order valence-electron chi connectivity index (χ2n) is 5.51. The zero-order valence-electron chi connectivity index (χ0n) is 12.9. The van der Waals surface area contributed by atoms with Crippen LogP contribution in [0.3, 0.4) is 0 Å². The Morgan fingerprint density at radius 2 is 1.86 bits per heavy atom. The Balaban J connectivity index is 2.35. The van der Waals surface area contributed by atoms with Gasteiger partial charge in [0.15, 0.2) is 0 Å². The predicted octanol–water partition coefficient (Wildman–Crippen LogP) is 2.50. The van der Waals surface area contributed by atoms with Crippen molar-refractivity contribution < 1.29 is 9.59 Å². The van der Waals surface area contributed by atoms with Crippen molar-refractivity contribution in [2.45, 2.75) is 27.2 Å². The van der Waals surface area contributed by atoms with Gasteiger partial charge in [0.2, 0.25) is 11.8 Å². The Hall–Kier alpha value is -1.55. The summed E-state index contributed by atoms with van der Waals surface area (Å²) < 4.78 is 0. The molecule has 0 aromatic heterocycles. The van der Waals surface area contributed by atoms with E-state index in [0.717, 1.165) is 5.56 Å². The monoisotopic (exact) mass is 310 g/mol. The number of hydrogen-bond donors (Lipinski definition) is 1. The Kier molecular flexibility index (Phi) is 7.23. The highest BCUT2D eigenvalue weighted by molar-refractivity contribution is 6.30. The SMILES string of the molecule is CC(=O)N(CCNC(=O)Cc1ccc(Cl)cc1)CC(C)C. The van der Waals surface area contributed by atoms with Gasteiger partial charge < -0.3 is 10.2 Å². The molecule has 0 saturated carbocycles. The molecule has 1 N–H and O–H groups in total. The van der Waals surface area contributed by atoms with E-state index in [1.807, 2.05) is 12.1 Å². The van der Waals surface area contributed by atoms with Crippen LogP contribution in [-0.4, -0.2) is 36.3 Å². The molecule has 0 aliphatic heterocycles. The summed E-state index contributed by atoms with van der Waals surface area (Å²) in [6, 6.07) is 7.21. The van der Waals surface area contributed by atoms with Crippen LogP contribution in [0.25, 0.3) is 0 Å². The molecule has 0 bridgehead atoms. The van der Waals surface area contributed by atoms with E-state index in [-0.39, 0.29) is 11.8 Å². The van der Waals surface area contributed by atoms with Crippen LogP contribution in [0, 0.1) is 5.92 Å². The van der Waals surface area contributed by atoms with Crippen LogP contribution < -0.4 is 5.32 Å². The Bertz CT molecular complexity index is 472. The molecule has 21 heavy (non-hydrogen) atoms. The van der Waals surface area contributed by atoms with Gasteiger partial charge in [-0.2, -0.15) is 0 Å². The minimum Gasteiger partial charge on any atom is -0.354 e. The van der Waals surface area contributed by atoms with Gasteiger partial charge in [-0.15, -0.1) is 0 Å². The Labute approximate surface area is 131 Å². The molecule has 0 aliphatic carbocycles. The number of carbonyl (C=O) groups is 2. The van der Waals surface area contributed by atoms with Gasteiger partial charge in [-0.05, 0) is 23.6 Å². The molecule has 0 heterocycles. The zero-order valence-corrected chi connectivity index (χ0v) is 13.6. The first-order valence-corrected chi connectivity index (χ1v) is 7.53. The van der Waals surface area contributed by atoms with Gasteiger partial charge in [-0.3, -0.25) is 9.59 Å².